The van der Waals surface area contributed by atoms with Crippen LogP contribution in [-0.4, -0.2) is 28.7 Å². The standard InChI is InChI=1S/C20H11BrCl2N4O3.C2H6O/c21-11-5-15-14(28-7-29-15)4-9(11)16-10(6-24)19(25)30-20-17(16)18(26-27-20)8-1-2-12(22)13(23)3-8;1-2-3/h1-5,16H,7,25H2,(H,26,27);3H,2H2,1H3. The first-order valence-electron chi connectivity index (χ1n) is 9.70. The van der Waals surface area contributed by atoms with Gasteiger partial charge >= 0.3 is 0 Å². The van der Waals surface area contributed by atoms with Crippen LogP contribution in [0.4, 0.5) is 0 Å². The third-order valence-electron chi connectivity index (χ3n) is 4.95. The molecule has 8 nitrogen and oxygen atoms in total. The van der Waals surface area contributed by atoms with Gasteiger partial charge in [-0.25, -0.2) is 0 Å². The highest BCUT2D eigenvalue weighted by atomic mass is 79.9. The number of nitrogens with two attached hydrogens (primary N) is 1. The van der Waals surface area contributed by atoms with E-state index in [2.05, 4.69) is 32.2 Å². The molecule has 5 rings (SSSR count). The zero-order chi connectivity index (χ0) is 23.7. The molecule has 1 aromatic heterocycles. The van der Waals surface area contributed by atoms with Gasteiger partial charge in [0.25, 0.3) is 0 Å². The van der Waals surface area contributed by atoms with Gasteiger partial charge in [0.1, 0.15) is 11.6 Å². The number of nitrogens with zero attached hydrogens (tertiary/aromatic N) is 2. The summed E-state index contributed by atoms with van der Waals surface area (Å²) in [6.45, 7) is 2.06. The molecule has 1 atom stereocenters. The highest BCUT2D eigenvalue weighted by Crippen LogP contribution is 2.50. The SMILES string of the molecule is CCO.N#CC1=C(N)Oc2n[nH]c(-c3ccc(Cl)c(Cl)c3)c2C1c1cc2c(cc1Br)OCO2. The van der Waals surface area contributed by atoms with E-state index in [0.29, 0.717) is 32.8 Å². The zero-order valence-electron chi connectivity index (χ0n) is 17.2. The Hall–Kier alpha value is -2.90. The number of H-pyrrole nitrogens is 1. The Morgan fingerprint density at radius 3 is 2.61 bits per heavy atom. The first kappa shape index (κ1) is 23.3. The molecular weight excluding hydrogens is 535 g/mol. The van der Waals surface area contributed by atoms with Crippen LogP contribution in [0.3, 0.4) is 0 Å². The molecule has 0 spiro atoms. The first-order valence-corrected chi connectivity index (χ1v) is 11.3. The van der Waals surface area contributed by atoms with E-state index in [1.165, 1.54) is 0 Å². The summed E-state index contributed by atoms with van der Waals surface area (Å²) < 4.78 is 17.3. The van der Waals surface area contributed by atoms with E-state index in [1.54, 1.807) is 25.1 Å². The number of aromatic amines is 1. The number of halogens is 3. The minimum Gasteiger partial charge on any atom is -0.454 e. The van der Waals surface area contributed by atoms with Gasteiger partial charge in [-0.3, -0.25) is 5.10 Å². The minimum atomic E-state index is -0.564. The number of aliphatic hydroxyl groups is 1. The van der Waals surface area contributed by atoms with Gasteiger partial charge in [0.05, 0.1) is 27.2 Å². The van der Waals surface area contributed by atoms with Gasteiger partial charge in [0.15, 0.2) is 11.5 Å². The lowest BCUT2D eigenvalue weighted by Crippen LogP contribution is -2.21. The number of aromatic nitrogens is 2. The lowest BCUT2D eigenvalue weighted by molar-refractivity contribution is 0.174. The molecule has 0 bridgehead atoms. The van der Waals surface area contributed by atoms with Crippen LogP contribution in [0.5, 0.6) is 17.4 Å². The quantitative estimate of drug-likeness (QED) is 0.404. The number of hydrogen-bond donors (Lipinski definition) is 3. The molecule has 0 saturated carbocycles. The van der Waals surface area contributed by atoms with Crippen molar-refractivity contribution < 1.29 is 19.3 Å². The van der Waals surface area contributed by atoms with Crippen LogP contribution in [0, 0.1) is 11.3 Å². The van der Waals surface area contributed by atoms with Crippen molar-refractivity contribution in [3.63, 3.8) is 0 Å². The Kier molecular flexibility index (Phi) is 6.72. The molecule has 2 aromatic carbocycles. The van der Waals surface area contributed by atoms with Crippen LogP contribution in [0.25, 0.3) is 11.3 Å². The number of benzene rings is 2. The second-order valence-electron chi connectivity index (χ2n) is 6.91. The van der Waals surface area contributed by atoms with Crippen molar-refractivity contribution in [1.29, 1.82) is 5.26 Å². The van der Waals surface area contributed by atoms with Crippen molar-refractivity contribution in [2.75, 3.05) is 13.4 Å². The average Bonchev–Trinajstić information content (AvgIpc) is 3.41. The molecule has 33 heavy (non-hydrogen) atoms. The van der Waals surface area contributed by atoms with Crippen LogP contribution in [0.1, 0.15) is 24.0 Å². The topological polar surface area (TPSA) is 126 Å². The fraction of sp³-hybridized carbons (Fsp3) is 0.182. The second-order valence-corrected chi connectivity index (χ2v) is 8.58. The monoisotopic (exact) mass is 550 g/mol. The predicted octanol–water partition coefficient (Wildman–Crippen LogP) is 5.09. The van der Waals surface area contributed by atoms with Crippen LogP contribution < -0.4 is 19.9 Å². The summed E-state index contributed by atoms with van der Waals surface area (Å²) in [6.07, 6.45) is 0. The normalized spacial score (nSPS) is 15.8. The largest absolute Gasteiger partial charge is 0.454 e. The Balaban J connectivity index is 0.000000821. The zero-order valence-corrected chi connectivity index (χ0v) is 20.3. The summed E-state index contributed by atoms with van der Waals surface area (Å²) in [4.78, 5) is 0. The third kappa shape index (κ3) is 4.23. The summed E-state index contributed by atoms with van der Waals surface area (Å²) in [7, 11) is 0. The number of hydrogen-bond acceptors (Lipinski definition) is 7. The van der Waals surface area contributed by atoms with E-state index in [1.807, 2.05) is 12.1 Å². The Labute approximate surface area is 207 Å². The summed E-state index contributed by atoms with van der Waals surface area (Å²) in [5.74, 6) is 0.904. The minimum absolute atomic E-state index is 0.00763. The van der Waals surface area contributed by atoms with Gasteiger partial charge < -0.3 is 25.1 Å². The molecule has 1 unspecified atom stereocenters. The van der Waals surface area contributed by atoms with E-state index in [0.717, 1.165) is 15.6 Å². The van der Waals surface area contributed by atoms with E-state index < -0.39 is 5.92 Å². The predicted molar refractivity (Wildman–Crippen MR) is 126 cm³/mol. The Bertz CT molecular complexity index is 1300. The molecule has 3 heterocycles. The molecule has 0 radical (unpaired) electrons. The van der Waals surface area contributed by atoms with Gasteiger partial charge in [-0.2, -0.15) is 5.26 Å². The van der Waals surface area contributed by atoms with Crippen molar-refractivity contribution in [2.45, 2.75) is 12.8 Å². The lowest BCUT2D eigenvalue weighted by Gasteiger charge is -2.25. The molecule has 170 valence electrons. The second kappa shape index (κ2) is 9.53. The lowest BCUT2D eigenvalue weighted by atomic mass is 9.83. The van der Waals surface area contributed by atoms with Gasteiger partial charge in [-0.05, 0) is 36.8 Å². The molecular formula is C22H17BrCl2N4O4. The van der Waals surface area contributed by atoms with Crippen molar-refractivity contribution in [2.24, 2.45) is 5.73 Å². The maximum Gasteiger partial charge on any atom is 0.244 e. The number of rotatable bonds is 2. The molecule has 4 N–H and O–H groups in total. The number of ether oxygens (including phenoxy) is 3. The summed E-state index contributed by atoms with van der Waals surface area (Å²) >= 11 is 15.9. The molecule has 0 fully saturated rings. The van der Waals surface area contributed by atoms with E-state index >= 15 is 0 Å². The third-order valence-corrected chi connectivity index (χ3v) is 6.38. The maximum absolute atomic E-state index is 9.87. The van der Waals surface area contributed by atoms with Crippen molar-refractivity contribution in [1.82, 2.24) is 10.2 Å². The number of nitriles is 1. The van der Waals surface area contributed by atoms with Gasteiger partial charge in [0.2, 0.25) is 18.6 Å². The van der Waals surface area contributed by atoms with Crippen molar-refractivity contribution in [3.05, 3.63) is 67.4 Å². The van der Waals surface area contributed by atoms with Gasteiger partial charge in [0, 0.05) is 16.6 Å². The molecule has 0 amide bonds. The summed E-state index contributed by atoms with van der Waals surface area (Å²) in [5.41, 5.74) is 9.09. The highest BCUT2D eigenvalue weighted by molar-refractivity contribution is 9.10. The van der Waals surface area contributed by atoms with Crippen molar-refractivity contribution >= 4 is 39.1 Å². The van der Waals surface area contributed by atoms with Gasteiger partial charge in [-0.15, -0.1) is 5.10 Å². The van der Waals surface area contributed by atoms with Crippen LogP contribution in [0.15, 0.2) is 46.3 Å². The van der Waals surface area contributed by atoms with Crippen LogP contribution >= 0.6 is 39.1 Å². The van der Waals surface area contributed by atoms with Crippen LogP contribution in [-0.2, 0) is 0 Å². The molecule has 11 heteroatoms. The molecule has 3 aromatic rings. The number of nitrogens with one attached hydrogen (secondary N) is 1. The highest BCUT2D eigenvalue weighted by Gasteiger charge is 2.37. The van der Waals surface area contributed by atoms with Crippen molar-refractivity contribution in [3.8, 4) is 34.7 Å². The van der Waals surface area contributed by atoms with Gasteiger partial charge in [-0.1, -0.05) is 45.2 Å². The van der Waals surface area contributed by atoms with E-state index in [4.69, 9.17) is 48.3 Å². The average molecular weight is 552 g/mol. The summed E-state index contributed by atoms with van der Waals surface area (Å²) in [5, 5.41) is 25.5. The number of fused-ring (bicyclic) bond motifs is 2. The molecule has 0 saturated heterocycles. The molecule has 2 aliphatic rings. The molecule has 2 aliphatic heterocycles. The molecule has 0 aliphatic carbocycles. The Morgan fingerprint density at radius 2 is 1.94 bits per heavy atom. The first-order chi connectivity index (χ1) is 15.9. The Morgan fingerprint density at radius 1 is 1.24 bits per heavy atom. The summed E-state index contributed by atoms with van der Waals surface area (Å²) in [6, 6.07) is 11.0. The van der Waals surface area contributed by atoms with E-state index in [9.17, 15) is 5.26 Å². The maximum atomic E-state index is 9.87. The number of allylic oxidation sites excluding steroid dienone is 1. The fourth-order valence-electron chi connectivity index (χ4n) is 3.58. The van der Waals surface area contributed by atoms with Crippen LogP contribution in [0.2, 0.25) is 10.0 Å². The number of aliphatic hydroxyl groups excluding tert-OH is 1. The fourth-order valence-corrected chi connectivity index (χ4v) is 4.43. The smallest absolute Gasteiger partial charge is 0.244 e. The van der Waals surface area contributed by atoms with E-state index in [-0.39, 0.29) is 30.7 Å².